The first-order valence-corrected chi connectivity index (χ1v) is 6.65. The van der Waals surface area contributed by atoms with Crippen LogP contribution in [0.2, 0.25) is 0 Å². The summed E-state index contributed by atoms with van der Waals surface area (Å²) in [5.74, 6) is 0.0787. The number of aliphatic hydroxyl groups is 3. The zero-order valence-electron chi connectivity index (χ0n) is 11.4. The minimum absolute atomic E-state index is 0.0155. The summed E-state index contributed by atoms with van der Waals surface area (Å²) in [6.45, 7) is 10.00. The van der Waals surface area contributed by atoms with Gasteiger partial charge in [0.15, 0.2) is 0 Å². The van der Waals surface area contributed by atoms with Crippen LogP contribution in [0.5, 0.6) is 0 Å². The molecule has 2 aliphatic carbocycles. The van der Waals surface area contributed by atoms with E-state index in [-0.39, 0.29) is 17.3 Å². The van der Waals surface area contributed by atoms with E-state index in [1.807, 2.05) is 6.08 Å². The van der Waals surface area contributed by atoms with E-state index in [4.69, 9.17) is 0 Å². The van der Waals surface area contributed by atoms with Crippen molar-refractivity contribution in [1.29, 1.82) is 0 Å². The van der Waals surface area contributed by atoms with E-state index in [0.717, 1.165) is 17.6 Å². The molecule has 3 heteroatoms. The monoisotopic (exact) mass is 252 g/mol. The molecule has 2 aliphatic rings. The average Bonchev–Trinajstić information content (AvgIpc) is 2.31. The Bertz CT molecular complexity index is 383. The number of hydrogen-bond donors (Lipinski definition) is 3. The third kappa shape index (κ3) is 2.04. The van der Waals surface area contributed by atoms with Gasteiger partial charge in [0.1, 0.15) is 6.10 Å². The molecule has 0 spiro atoms. The molecule has 0 radical (unpaired) electrons. The summed E-state index contributed by atoms with van der Waals surface area (Å²) in [6, 6.07) is 0. The summed E-state index contributed by atoms with van der Waals surface area (Å²) in [7, 11) is 0. The van der Waals surface area contributed by atoms with Crippen LogP contribution in [0.3, 0.4) is 0 Å². The highest BCUT2D eigenvalue weighted by molar-refractivity contribution is 5.23. The Kier molecular flexibility index (Phi) is 3.43. The molecule has 0 heterocycles. The van der Waals surface area contributed by atoms with Gasteiger partial charge in [0.2, 0.25) is 0 Å². The van der Waals surface area contributed by atoms with Gasteiger partial charge in [0, 0.05) is 0 Å². The van der Waals surface area contributed by atoms with Crippen molar-refractivity contribution in [2.24, 2.45) is 17.3 Å². The predicted molar refractivity (Wildman–Crippen MR) is 70.9 cm³/mol. The lowest BCUT2D eigenvalue weighted by Gasteiger charge is -2.55. The fourth-order valence-electron chi connectivity index (χ4n) is 3.56. The second-order valence-electron chi connectivity index (χ2n) is 6.53. The zero-order chi connectivity index (χ0) is 13.7. The Morgan fingerprint density at radius 1 is 1.28 bits per heavy atom. The van der Waals surface area contributed by atoms with Crippen molar-refractivity contribution >= 4 is 0 Å². The maximum absolute atomic E-state index is 10.4. The van der Waals surface area contributed by atoms with Crippen molar-refractivity contribution in [3.05, 3.63) is 23.8 Å². The molecular weight excluding hydrogens is 228 g/mol. The molecule has 102 valence electrons. The molecule has 0 aromatic heterocycles. The number of aliphatic hydroxyl groups excluding tert-OH is 3. The summed E-state index contributed by atoms with van der Waals surface area (Å²) in [5.41, 5.74) is 1.52. The maximum atomic E-state index is 10.4. The van der Waals surface area contributed by atoms with Crippen LogP contribution in [0.25, 0.3) is 0 Å². The summed E-state index contributed by atoms with van der Waals surface area (Å²) in [4.78, 5) is 0. The Balaban J connectivity index is 2.35. The molecule has 2 rings (SSSR count). The summed E-state index contributed by atoms with van der Waals surface area (Å²) in [5, 5.41) is 30.7. The summed E-state index contributed by atoms with van der Waals surface area (Å²) in [6.07, 6.45) is 1.00. The standard InChI is InChI=1S/C15H24O3/c1-8-5-6-11(16)9(2)10-7-15(3,4)12(10)14(18)13(8)17/h5,10-14,16-18H,2,6-7H2,1,3-4H3. The van der Waals surface area contributed by atoms with Gasteiger partial charge in [-0.3, -0.25) is 0 Å². The largest absolute Gasteiger partial charge is 0.390 e. The Morgan fingerprint density at radius 2 is 1.89 bits per heavy atom. The van der Waals surface area contributed by atoms with Crippen molar-refractivity contribution in [1.82, 2.24) is 0 Å². The topological polar surface area (TPSA) is 60.7 Å². The Morgan fingerprint density at radius 3 is 2.44 bits per heavy atom. The molecule has 0 amide bonds. The van der Waals surface area contributed by atoms with E-state index < -0.39 is 18.3 Å². The molecule has 1 saturated carbocycles. The van der Waals surface area contributed by atoms with E-state index in [1.54, 1.807) is 6.92 Å². The first kappa shape index (κ1) is 13.8. The lowest BCUT2D eigenvalue weighted by Crippen LogP contribution is -2.55. The van der Waals surface area contributed by atoms with Crippen LogP contribution in [-0.2, 0) is 0 Å². The predicted octanol–water partition coefficient (Wildman–Crippen LogP) is 1.64. The highest BCUT2D eigenvalue weighted by Crippen LogP contribution is 2.56. The molecule has 0 saturated heterocycles. The van der Waals surface area contributed by atoms with Crippen molar-refractivity contribution in [3.63, 3.8) is 0 Å². The third-order valence-electron chi connectivity index (χ3n) is 4.81. The highest BCUT2D eigenvalue weighted by atomic mass is 16.3. The van der Waals surface area contributed by atoms with Gasteiger partial charge in [-0.1, -0.05) is 26.5 Å². The van der Waals surface area contributed by atoms with E-state index in [0.29, 0.717) is 6.42 Å². The molecule has 0 aromatic carbocycles. The van der Waals surface area contributed by atoms with Gasteiger partial charge < -0.3 is 15.3 Å². The van der Waals surface area contributed by atoms with E-state index >= 15 is 0 Å². The molecule has 18 heavy (non-hydrogen) atoms. The van der Waals surface area contributed by atoms with E-state index in [9.17, 15) is 15.3 Å². The van der Waals surface area contributed by atoms with Gasteiger partial charge >= 0.3 is 0 Å². The number of fused-ring (bicyclic) bond motifs is 1. The van der Waals surface area contributed by atoms with Crippen LogP contribution in [0.4, 0.5) is 0 Å². The third-order valence-corrected chi connectivity index (χ3v) is 4.81. The smallest absolute Gasteiger partial charge is 0.101 e. The number of hydrogen-bond acceptors (Lipinski definition) is 3. The second kappa shape index (κ2) is 4.48. The van der Waals surface area contributed by atoms with Crippen LogP contribution in [0.15, 0.2) is 23.8 Å². The Hall–Kier alpha value is -0.640. The summed E-state index contributed by atoms with van der Waals surface area (Å²) >= 11 is 0. The van der Waals surface area contributed by atoms with Gasteiger partial charge in [0.05, 0.1) is 12.2 Å². The fraction of sp³-hybridized carbons (Fsp3) is 0.733. The van der Waals surface area contributed by atoms with E-state index in [1.165, 1.54) is 0 Å². The van der Waals surface area contributed by atoms with Crippen molar-refractivity contribution in [2.75, 3.05) is 0 Å². The number of rotatable bonds is 0. The first-order chi connectivity index (χ1) is 8.25. The molecule has 0 aliphatic heterocycles. The lowest BCUT2D eigenvalue weighted by atomic mass is 9.51. The Labute approximate surface area is 109 Å². The van der Waals surface area contributed by atoms with Crippen molar-refractivity contribution in [2.45, 2.75) is 51.9 Å². The molecule has 5 atom stereocenters. The second-order valence-corrected chi connectivity index (χ2v) is 6.53. The molecule has 3 nitrogen and oxygen atoms in total. The molecular formula is C15H24O3. The lowest BCUT2D eigenvalue weighted by molar-refractivity contribution is -0.118. The SMILES string of the molecule is C=C1C(O)CC=C(C)C(O)C(O)C2C1CC2(C)C. The van der Waals surface area contributed by atoms with Gasteiger partial charge in [-0.2, -0.15) is 0 Å². The molecule has 0 bridgehead atoms. The van der Waals surface area contributed by atoms with Crippen LogP contribution in [-0.4, -0.2) is 33.6 Å². The summed E-state index contributed by atoms with van der Waals surface area (Å²) < 4.78 is 0. The van der Waals surface area contributed by atoms with Crippen LogP contribution in [0, 0.1) is 17.3 Å². The molecule has 0 aromatic rings. The highest BCUT2D eigenvalue weighted by Gasteiger charge is 2.54. The van der Waals surface area contributed by atoms with Gasteiger partial charge in [-0.15, -0.1) is 0 Å². The molecule has 1 fully saturated rings. The fourth-order valence-corrected chi connectivity index (χ4v) is 3.56. The normalized spacial score (nSPS) is 44.0. The van der Waals surface area contributed by atoms with Crippen LogP contribution < -0.4 is 0 Å². The van der Waals surface area contributed by atoms with Crippen LogP contribution in [0.1, 0.15) is 33.6 Å². The van der Waals surface area contributed by atoms with Crippen molar-refractivity contribution in [3.8, 4) is 0 Å². The van der Waals surface area contributed by atoms with Gasteiger partial charge in [0.25, 0.3) is 0 Å². The molecule has 3 N–H and O–H groups in total. The first-order valence-electron chi connectivity index (χ1n) is 6.65. The maximum Gasteiger partial charge on any atom is 0.101 e. The van der Waals surface area contributed by atoms with Crippen molar-refractivity contribution < 1.29 is 15.3 Å². The minimum atomic E-state index is -0.838. The van der Waals surface area contributed by atoms with Gasteiger partial charge in [-0.05, 0) is 48.2 Å². The average molecular weight is 252 g/mol. The van der Waals surface area contributed by atoms with Crippen LogP contribution >= 0.6 is 0 Å². The minimum Gasteiger partial charge on any atom is -0.390 e. The van der Waals surface area contributed by atoms with E-state index in [2.05, 4.69) is 20.4 Å². The zero-order valence-corrected chi connectivity index (χ0v) is 11.4. The molecule has 5 unspecified atom stereocenters. The quantitative estimate of drug-likeness (QED) is 0.574. The van der Waals surface area contributed by atoms with Gasteiger partial charge in [-0.25, -0.2) is 0 Å².